The maximum Gasteiger partial charge on any atom is 0.210 e. The fraction of sp³-hybridized carbons (Fsp3) is 0.342. The highest BCUT2D eigenvalue weighted by Gasteiger charge is 2.48. The summed E-state index contributed by atoms with van der Waals surface area (Å²) in [6, 6.07) is 18.4. The van der Waals surface area contributed by atoms with E-state index in [0.717, 1.165) is 30.9 Å². The van der Waals surface area contributed by atoms with Crippen molar-refractivity contribution in [2.24, 2.45) is 16.8 Å². The van der Waals surface area contributed by atoms with E-state index in [4.69, 9.17) is 4.99 Å². The summed E-state index contributed by atoms with van der Waals surface area (Å²) in [5.41, 5.74) is 13.4. The Labute approximate surface area is 253 Å². The molecule has 0 bridgehead atoms. The van der Waals surface area contributed by atoms with Crippen molar-refractivity contribution < 1.29 is 0 Å². The van der Waals surface area contributed by atoms with Gasteiger partial charge in [0.15, 0.2) is 0 Å². The van der Waals surface area contributed by atoms with E-state index in [2.05, 4.69) is 120 Å². The van der Waals surface area contributed by atoms with Crippen LogP contribution in [0.15, 0.2) is 100 Å². The number of para-hydroxylation sites is 1. The maximum atomic E-state index is 5.53. The van der Waals surface area contributed by atoms with Crippen LogP contribution in [0.5, 0.6) is 0 Å². The van der Waals surface area contributed by atoms with E-state index in [9.17, 15) is 0 Å². The van der Waals surface area contributed by atoms with E-state index >= 15 is 0 Å². The number of allylic oxidation sites excluding steroid dienone is 7. The van der Waals surface area contributed by atoms with Gasteiger partial charge in [-0.3, -0.25) is 4.57 Å². The number of hydrogen-bond acceptors (Lipinski definition) is 3. The molecule has 0 saturated carbocycles. The molecule has 6 aliphatic rings. The molecule has 0 radical (unpaired) electrons. The Kier molecular flexibility index (Phi) is 5.67. The molecule has 4 aliphatic carbocycles. The van der Waals surface area contributed by atoms with Gasteiger partial charge in [0.2, 0.25) is 5.96 Å². The molecule has 0 fully saturated rings. The first-order chi connectivity index (χ1) is 20.7. The lowest BCUT2D eigenvalue weighted by Crippen LogP contribution is -2.42. The van der Waals surface area contributed by atoms with Crippen LogP contribution in [0.3, 0.4) is 0 Å². The summed E-state index contributed by atoms with van der Waals surface area (Å²) in [5, 5.41) is 0.375. The molecule has 3 nitrogen and oxygen atoms in total. The van der Waals surface area contributed by atoms with E-state index in [1.54, 1.807) is 16.7 Å². The molecule has 9 rings (SSSR count). The van der Waals surface area contributed by atoms with Crippen LogP contribution in [0.1, 0.15) is 83.5 Å². The zero-order valence-electron chi connectivity index (χ0n) is 24.5. The number of fused-ring (bicyclic) bond motifs is 10. The van der Waals surface area contributed by atoms with Crippen LogP contribution in [-0.2, 0) is 12.8 Å². The summed E-state index contributed by atoms with van der Waals surface area (Å²) in [4.78, 5) is 9.52. The number of aliphatic imine (C=N–C) groups is 1. The van der Waals surface area contributed by atoms with Crippen molar-refractivity contribution in [1.29, 1.82) is 0 Å². The van der Waals surface area contributed by atoms with Crippen molar-refractivity contribution in [1.82, 2.24) is 9.47 Å². The van der Waals surface area contributed by atoms with Crippen molar-refractivity contribution in [3.05, 3.63) is 124 Å². The highest BCUT2D eigenvalue weighted by Crippen LogP contribution is 2.65. The Morgan fingerprint density at radius 2 is 1.74 bits per heavy atom. The van der Waals surface area contributed by atoms with E-state index in [-0.39, 0.29) is 6.04 Å². The van der Waals surface area contributed by atoms with Gasteiger partial charge in [0.1, 0.15) is 0 Å². The first-order valence-electron chi connectivity index (χ1n) is 15.9. The average Bonchev–Trinajstić information content (AvgIpc) is 3.58. The molecule has 0 amide bonds. The number of hydrogen-bond donors (Lipinski definition) is 0. The molecular formula is C38H37N3S. The number of nitrogens with zero attached hydrogens (tertiary/aromatic N) is 3. The van der Waals surface area contributed by atoms with Gasteiger partial charge in [-0.1, -0.05) is 85.4 Å². The SMILES string of the molecule is CC1CC=CC2=C1C1c3ccccc3SC1c1c2c2c(n1C1=Nc3ccccc3C(C3C=CC=CC3)N1C)CCCC2. The lowest BCUT2D eigenvalue weighted by atomic mass is 9.69. The van der Waals surface area contributed by atoms with Crippen LogP contribution < -0.4 is 0 Å². The second-order valence-corrected chi connectivity index (χ2v) is 14.1. The van der Waals surface area contributed by atoms with E-state index < -0.39 is 0 Å². The Bertz CT molecular complexity index is 1780. The van der Waals surface area contributed by atoms with Crippen LogP contribution in [-0.4, -0.2) is 22.5 Å². The molecule has 42 heavy (non-hydrogen) atoms. The van der Waals surface area contributed by atoms with Crippen molar-refractivity contribution in [3.63, 3.8) is 0 Å². The molecule has 210 valence electrons. The molecule has 3 heterocycles. The monoisotopic (exact) mass is 567 g/mol. The van der Waals surface area contributed by atoms with E-state index in [1.165, 1.54) is 52.2 Å². The van der Waals surface area contributed by atoms with Crippen LogP contribution in [0.2, 0.25) is 0 Å². The van der Waals surface area contributed by atoms with Crippen LogP contribution in [0, 0.1) is 11.8 Å². The van der Waals surface area contributed by atoms with E-state index in [1.807, 2.05) is 0 Å². The highest BCUT2D eigenvalue weighted by atomic mass is 32.2. The zero-order valence-corrected chi connectivity index (χ0v) is 25.3. The average molecular weight is 568 g/mol. The molecule has 0 spiro atoms. The Balaban J connectivity index is 1.32. The summed E-state index contributed by atoms with van der Waals surface area (Å²) in [6.07, 6.45) is 21.1. The minimum absolute atomic E-state index is 0.254. The molecule has 4 heteroatoms. The topological polar surface area (TPSA) is 20.5 Å². The van der Waals surface area contributed by atoms with Gasteiger partial charge >= 0.3 is 0 Å². The molecule has 0 saturated heterocycles. The first kappa shape index (κ1) is 25.0. The molecule has 3 aromatic rings. The minimum Gasteiger partial charge on any atom is -0.337 e. The predicted molar refractivity (Wildman–Crippen MR) is 175 cm³/mol. The molecule has 5 atom stereocenters. The van der Waals surface area contributed by atoms with Gasteiger partial charge in [0, 0.05) is 46.3 Å². The zero-order chi connectivity index (χ0) is 27.9. The fourth-order valence-corrected chi connectivity index (χ4v) is 10.4. The molecular weight excluding hydrogens is 531 g/mol. The molecule has 1 aromatic heterocycles. The molecule has 5 unspecified atom stereocenters. The smallest absolute Gasteiger partial charge is 0.210 e. The third kappa shape index (κ3) is 3.45. The quantitative estimate of drug-likeness (QED) is 0.292. The maximum absolute atomic E-state index is 5.53. The van der Waals surface area contributed by atoms with Crippen LogP contribution >= 0.6 is 11.8 Å². The highest BCUT2D eigenvalue weighted by molar-refractivity contribution is 8.00. The number of aromatic nitrogens is 1. The molecule has 2 aliphatic heterocycles. The molecule has 2 aromatic carbocycles. The van der Waals surface area contributed by atoms with Gasteiger partial charge in [0.05, 0.1) is 17.0 Å². The standard InChI is InChI=1S/C38H37N3S/c1-23-13-12-19-28-32(23)34-27-18-8-11-22-31(27)42-37(34)36-33(28)26-17-7-10-21-30(26)41(36)38-39-29-20-9-6-16-25(29)35(40(38)2)24-14-4-3-5-15-24/h3-6,8-9,11-12,14,16,18-20,22-24,34-35,37H,7,10,13,15,17,21H2,1-2H3. The number of benzene rings is 2. The second-order valence-electron chi connectivity index (χ2n) is 12.9. The van der Waals surface area contributed by atoms with Crippen molar-refractivity contribution in [3.8, 4) is 0 Å². The lowest BCUT2D eigenvalue weighted by molar-refractivity contribution is 0.286. The normalized spacial score (nSPS) is 28.5. The van der Waals surface area contributed by atoms with Crippen LogP contribution in [0.25, 0.3) is 5.57 Å². The fourth-order valence-electron chi connectivity index (χ4n) is 8.87. The Morgan fingerprint density at radius 1 is 0.905 bits per heavy atom. The number of thioether (sulfide) groups is 1. The van der Waals surface area contributed by atoms with Gasteiger partial charge in [-0.15, -0.1) is 11.8 Å². The van der Waals surface area contributed by atoms with Gasteiger partial charge < -0.3 is 4.90 Å². The summed E-state index contributed by atoms with van der Waals surface area (Å²) >= 11 is 2.10. The summed E-state index contributed by atoms with van der Waals surface area (Å²) in [7, 11) is 2.30. The second kappa shape index (κ2) is 9.50. The van der Waals surface area contributed by atoms with Gasteiger partial charge in [0.25, 0.3) is 0 Å². The van der Waals surface area contributed by atoms with Gasteiger partial charge in [-0.25, -0.2) is 4.99 Å². The molecule has 0 N–H and O–H groups in total. The van der Waals surface area contributed by atoms with E-state index in [0.29, 0.717) is 23.0 Å². The Hall–Kier alpha value is -3.50. The summed E-state index contributed by atoms with van der Waals surface area (Å²) < 4.78 is 2.68. The van der Waals surface area contributed by atoms with Crippen molar-refractivity contribution in [2.45, 2.75) is 67.6 Å². The Morgan fingerprint density at radius 3 is 2.62 bits per heavy atom. The summed E-state index contributed by atoms with van der Waals surface area (Å²) in [5.74, 6) is 2.53. The first-order valence-corrected chi connectivity index (χ1v) is 16.8. The van der Waals surface area contributed by atoms with Gasteiger partial charge in [-0.05, 0) is 73.3 Å². The van der Waals surface area contributed by atoms with Gasteiger partial charge in [-0.2, -0.15) is 0 Å². The lowest BCUT2D eigenvalue weighted by Gasteiger charge is -2.41. The number of rotatable bonds is 1. The van der Waals surface area contributed by atoms with Crippen molar-refractivity contribution >= 4 is 29.0 Å². The minimum atomic E-state index is 0.254. The summed E-state index contributed by atoms with van der Waals surface area (Å²) in [6.45, 7) is 2.46. The third-order valence-electron chi connectivity index (χ3n) is 10.6. The largest absolute Gasteiger partial charge is 0.337 e. The predicted octanol–water partition coefficient (Wildman–Crippen LogP) is 9.32. The third-order valence-corrected chi connectivity index (χ3v) is 12.0. The van der Waals surface area contributed by atoms with Crippen molar-refractivity contribution in [2.75, 3.05) is 7.05 Å². The van der Waals surface area contributed by atoms with Crippen LogP contribution in [0.4, 0.5) is 5.69 Å².